The van der Waals surface area contributed by atoms with Crippen LogP contribution >= 0.6 is 43.2 Å². The van der Waals surface area contributed by atoms with Crippen molar-refractivity contribution in [3.05, 3.63) is 41.8 Å². The van der Waals surface area contributed by atoms with Gasteiger partial charge in [0.1, 0.15) is 4.90 Å². The number of H-pyrrole nitrogens is 1. The van der Waals surface area contributed by atoms with E-state index in [4.69, 9.17) is 5.73 Å². The first kappa shape index (κ1) is 15.7. The van der Waals surface area contributed by atoms with E-state index < -0.39 is 10.0 Å². The third-order valence-corrected chi connectivity index (χ3v) is 6.31. The van der Waals surface area contributed by atoms with Crippen LogP contribution in [0.1, 0.15) is 5.69 Å². The highest BCUT2D eigenvalue weighted by Crippen LogP contribution is 2.32. The van der Waals surface area contributed by atoms with E-state index in [1.165, 1.54) is 12.1 Å². The van der Waals surface area contributed by atoms with E-state index in [2.05, 4.69) is 41.6 Å². The zero-order valence-electron chi connectivity index (χ0n) is 9.81. The van der Waals surface area contributed by atoms with E-state index in [9.17, 15) is 13.2 Å². The summed E-state index contributed by atoms with van der Waals surface area (Å²) in [5, 5.41) is 1.57. The minimum absolute atomic E-state index is 0.00430. The lowest BCUT2D eigenvalue weighted by atomic mass is 10.3. The van der Waals surface area contributed by atoms with Gasteiger partial charge in [-0.1, -0.05) is 11.3 Å². The Bertz CT molecular complexity index is 775. The Hall–Kier alpha value is -0.680. The fraction of sp³-hybridized carbons (Fsp3) is 0.100. The van der Waals surface area contributed by atoms with Crippen molar-refractivity contribution in [3.63, 3.8) is 0 Å². The number of aromatic amines is 1. The van der Waals surface area contributed by atoms with Crippen LogP contribution in [-0.4, -0.2) is 13.4 Å². The fourth-order valence-corrected chi connectivity index (χ4v) is 5.68. The molecule has 10 heteroatoms. The lowest BCUT2D eigenvalue weighted by Crippen LogP contribution is -2.24. The number of benzene rings is 1. The molecule has 2 aromatic rings. The van der Waals surface area contributed by atoms with Crippen LogP contribution in [-0.2, 0) is 16.6 Å². The van der Waals surface area contributed by atoms with E-state index in [1.54, 1.807) is 5.38 Å². The third-order valence-electron chi connectivity index (χ3n) is 2.31. The van der Waals surface area contributed by atoms with Gasteiger partial charge in [0.2, 0.25) is 10.0 Å². The summed E-state index contributed by atoms with van der Waals surface area (Å²) in [7, 11) is -3.74. The molecule has 0 saturated carbocycles. The number of hydrogen-bond acceptors (Lipinski definition) is 5. The van der Waals surface area contributed by atoms with Gasteiger partial charge in [-0.2, -0.15) is 0 Å². The minimum Gasteiger partial charge on any atom is -0.399 e. The maximum Gasteiger partial charge on any atom is 0.304 e. The molecule has 2 rings (SSSR count). The van der Waals surface area contributed by atoms with Crippen LogP contribution in [0.2, 0.25) is 0 Å². The maximum atomic E-state index is 12.3. The summed E-state index contributed by atoms with van der Waals surface area (Å²) in [6.07, 6.45) is 0. The van der Waals surface area contributed by atoms with Gasteiger partial charge in [-0.05, 0) is 44.0 Å². The predicted molar refractivity (Wildman–Crippen MR) is 85.2 cm³/mol. The zero-order chi connectivity index (χ0) is 14.9. The Kier molecular flexibility index (Phi) is 4.69. The van der Waals surface area contributed by atoms with Crippen LogP contribution in [0.3, 0.4) is 0 Å². The predicted octanol–water partition coefficient (Wildman–Crippen LogP) is 2.02. The molecule has 0 amide bonds. The number of thiazole rings is 1. The summed E-state index contributed by atoms with van der Waals surface area (Å²) >= 11 is 7.34. The molecule has 20 heavy (non-hydrogen) atoms. The summed E-state index contributed by atoms with van der Waals surface area (Å²) in [6, 6.07) is 3.01. The molecule has 0 aliphatic heterocycles. The normalized spacial score (nSPS) is 11.7. The molecule has 1 aromatic carbocycles. The number of nitrogen functional groups attached to an aromatic ring is 1. The van der Waals surface area contributed by atoms with E-state index in [0.717, 1.165) is 11.3 Å². The van der Waals surface area contributed by atoms with Gasteiger partial charge in [0.25, 0.3) is 0 Å². The van der Waals surface area contributed by atoms with Crippen molar-refractivity contribution in [1.82, 2.24) is 9.71 Å². The quantitative estimate of drug-likeness (QED) is 0.629. The highest BCUT2D eigenvalue weighted by Gasteiger charge is 2.21. The Morgan fingerprint density at radius 1 is 1.30 bits per heavy atom. The summed E-state index contributed by atoms with van der Waals surface area (Å²) in [6.45, 7) is 0.00430. The SMILES string of the molecule is Nc1cc(Br)c(S(=O)(=O)NCc2csc(=O)[nH]2)c(Br)c1. The molecule has 0 atom stereocenters. The van der Waals surface area contributed by atoms with Crippen LogP contribution in [0.4, 0.5) is 5.69 Å². The van der Waals surface area contributed by atoms with Crippen LogP contribution in [0, 0.1) is 0 Å². The van der Waals surface area contributed by atoms with Gasteiger partial charge >= 0.3 is 4.87 Å². The molecule has 6 nitrogen and oxygen atoms in total. The highest BCUT2D eigenvalue weighted by atomic mass is 79.9. The summed E-state index contributed by atoms with van der Waals surface area (Å²) in [5.74, 6) is 0. The van der Waals surface area contributed by atoms with Gasteiger partial charge in [-0.3, -0.25) is 4.79 Å². The van der Waals surface area contributed by atoms with Crippen molar-refractivity contribution in [1.29, 1.82) is 0 Å². The average Bonchev–Trinajstić information content (AvgIpc) is 2.71. The molecular formula is C10H9Br2N3O3S2. The van der Waals surface area contributed by atoms with Gasteiger partial charge in [-0.25, -0.2) is 13.1 Å². The van der Waals surface area contributed by atoms with Gasteiger partial charge in [0.15, 0.2) is 0 Å². The first-order chi connectivity index (χ1) is 9.29. The molecule has 0 unspecified atom stereocenters. The molecule has 4 N–H and O–H groups in total. The number of sulfonamides is 1. The smallest absolute Gasteiger partial charge is 0.304 e. The lowest BCUT2D eigenvalue weighted by Gasteiger charge is -2.10. The second-order valence-corrected chi connectivity index (χ2v) is 8.07. The molecule has 0 aliphatic rings. The third kappa shape index (κ3) is 3.50. The molecule has 1 aromatic heterocycles. The van der Waals surface area contributed by atoms with Crippen LogP contribution in [0.25, 0.3) is 0 Å². The summed E-state index contributed by atoms with van der Waals surface area (Å²) in [5.41, 5.74) is 6.57. The minimum atomic E-state index is -3.74. The molecule has 0 saturated heterocycles. The van der Waals surface area contributed by atoms with Crippen LogP contribution < -0.4 is 15.3 Å². The van der Waals surface area contributed by atoms with Gasteiger partial charge in [-0.15, -0.1) is 0 Å². The molecule has 0 radical (unpaired) electrons. The number of anilines is 1. The number of nitrogens with two attached hydrogens (primary N) is 1. The molecular weight excluding hydrogens is 434 g/mol. The summed E-state index contributed by atoms with van der Waals surface area (Å²) < 4.78 is 27.7. The van der Waals surface area contributed by atoms with Crippen molar-refractivity contribution in [3.8, 4) is 0 Å². The zero-order valence-corrected chi connectivity index (χ0v) is 14.6. The first-order valence-electron chi connectivity index (χ1n) is 5.20. The Morgan fingerprint density at radius 2 is 1.90 bits per heavy atom. The highest BCUT2D eigenvalue weighted by molar-refractivity contribution is 9.11. The Labute approximate surface area is 135 Å². The second-order valence-electron chi connectivity index (χ2n) is 3.81. The monoisotopic (exact) mass is 441 g/mol. The molecule has 0 aliphatic carbocycles. The topological polar surface area (TPSA) is 105 Å². The van der Waals surface area contributed by atoms with E-state index in [-0.39, 0.29) is 16.3 Å². The molecule has 0 bridgehead atoms. The van der Waals surface area contributed by atoms with Crippen molar-refractivity contribution in [2.75, 3.05) is 5.73 Å². The number of nitrogens with one attached hydrogen (secondary N) is 2. The van der Waals surface area contributed by atoms with E-state index in [0.29, 0.717) is 20.3 Å². The van der Waals surface area contributed by atoms with Gasteiger partial charge in [0, 0.05) is 25.7 Å². The maximum absolute atomic E-state index is 12.3. The van der Waals surface area contributed by atoms with Crippen molar-refractivity contribution >= 4 is 58.9 Å². The van der Waals surface area contributed by atoms with Gasteiger partial charge in [0.05, 0.1) is 6.54 Å². The van der Waals surface area contributed by atoms with E-state index in [1.807, 2.05) is 0 Å². The van der Waals surface area contributed by atoms with Crippen LogP contribution in [0.15, 0.2) is 36.1 Å². The Balaban J connectivity index is 2.29. The molecule has 108 valence electrons. The number of hydrogen-bond donors (Lipinski definition) is 3. The molecule has 0 fully saturated rings. The van der Waals surface area contributed by atoms with Crippen molar-refractivity contribution in [2.45, 2.75) is 11.4 Å². The molecule has 0 spiro atoms. The Morgan fingerprint density at radius 3 is 2.40 bits per heavy atom. The van der Waals surface area contributed by atoms with Crippen molar-refractivity contribution < 1.29 is 8.42 Å². The lowest BCUT2D eigenvalue weighted by molar-refractivity contribution is 0.579. The van der Waals surface area contributed by atoms with Gasteiger partial charge < -0.3 is 10.7 Å². The standard InChI is InChI=1S/C10H9Br2N3O3S2/c11-7-1-5(13)2-8(12)9(7)20(17,18)14-3-6-4-19-10(16)15-6/h1-2,4,14H,3,13H2,(H,15,16). The first-order valence-corrected chi connectivity index (χ1v) is 9.15. The average molecular weight is 443 g/mol. The van der Waals surface area contributed by atoms with Crippen molar-refractivity contribution in [2.24, 2.45) is 0 Å². The fourth-order valence-electron chi connectivity index (χ4n) is 1.48. The number of aromatic nitrogens is 1. The largest absolute Gasteiger partial charge is 0.399 e. The number of rotatable bonds is 4. The number of halogens is 2. The van der Waals surface area contributed by atoms with E-state index >= 15 is 0 Å². The van der Waals surface area contributed by atoms with Crippen LogP contribution in [0.5, 0.6) is 0 Å². The molecule has 1 heterocycles. The summed E-state index contributed by atoms with van der Waals surface area (Å²) in [4.78, 5) is 13.4. The second kappa shape index (κ2) is 5.98.